The van der Waals surface area contributed by atoms with Crippen molar-refractivity contribution in [3.8, 4) is 12.8 Å². The summed E-state index contributed by atoms with van der Waals surface area (Å²) >= 11 is 0. The highest BCUT2D eigenvalue weighted by molar-refractivity contribution is 5.97. The maximum Gasteiger partial charge on any atom is 0.307 e. The van der Waals surface area contributed by atoms with E-state index in [9.17, 15) is 9.59 Å². The number of methoxy groups -OCH3 is 1. The highest BCUT2D eigenvalue weighted by Gasteiger charge is 2.17. The molecule has 7 nitrogen and oxygen atoms in total. The van der Waals surface area contributed by atoms with Gasteiger partial charge in [0.1, 0.15) is 5.84 Å². The summed E-state index contributed by atoms with van der Waals surface area (Å²) in [6, 6.07) is 11.3. The number of esters is 1. The van der Waals surface area contributed by atoms with Crippen LogP contribution in [0.3, 0.4) is 0 Å². The molecule has 34 heavy (non-hydrogen) atoms. The summed E-state index contributed by atoms with van der Waals surface area (Å²) in [5.74, 6) is -0.128. The Hall–Kier alpha value is -4.18. The molecule has 0 fully saturated rings. The van der Waals surface area contributed by atoms with Crippen molar-refractivity contribution in [1.29, 1.82) is 5.41 Å². The first-order valence-corrected chi connectivity index (χ1v) is 10.7. The minimum atomic E-state index is -0.336. The van der Waals surface area contributed by atoms with Gasteiger partial charge in [0.25, 0.3) is 5.91 Å². The number of benzene rings is 1. The van der Waals surface area contributed by atoms with Crippen LogP contribution in [0.4, 0.5) is 0 Å². The van der Waals surface area contributed by atoms with Crippen molar-refractivity contribution in [2.75, 3.05) is 7.11 Å². The number of hydrogen-bond acceptors (Lipinski definition) is 5. The van der Waals surface area contributed by atoms with E-state index in [1.165, 1.54) is 7.11 Å². The molecular weight excluding hydrogens is 428 g/mol. The van der Waals surface area contributed by atoms with E-state index in [-0.39, 0.29) is 36.1 Å². The number of allylic oxidation sites excluding steroid dienone is 2. The van der Waals surface area contributed by atoms with E-state index in [0.29, 0.717) is 5.57 Å². The van der Waals surface area contributed by atoms with Crippen molar-refractivity contribution >= 4 is 17.7 Å². The number of nitrogens with one attached hydrogen (secondary N) is 2. The van der Waals surface area contributed by atoms with Crippen molar-refractivity contribution in [1.82, 2.24) is 10.3 Å². The second-order valence-electron chi connectivity index (χ2n) is 7.59. The van der Waals surface area contributed by atoms with Crippen LogP contribution in [0, 0.1) is 25.2 Å². The number of hydrogen-bond donors (Lipinski definition) is 3. The molecule has 178 valence electrons. The van der Waals surface area contributed by atoms with Gasteiger partial charge in [0.15, 0.2) is 0 Å². The second kappa shape index (κ2) is 14.8. The van der Waals surface area contributed by atoms with E-state index in [2.05, 4.69) is 27.9 Å². The summed E-state index contributed by atoms with van der Waals surface area (Å²) in [6.45, 7) is 3.76. The molecule has 2 atom stereocenters. The Morgan fingerprint density at radius 2 is 2.03 bits per heavy atom. The number of nitrogens with zero attached hydrogens (tertiary/aromatic N) is 1. The van der Waals surface area contributed by atoms with Gasteiger partial charge >= 0.3 is 5.97 Å². The fraction of sp³-hybridized carbons (Fsp3) is 0.259. The number of aromatic nitrogens is 1. The number of carbonyl (C=O) groups excluding carboxylic acids is 2. The van der Waals surface area contributed by atoms with Crippen LogP contribution < -0.4 is 11.1 Å². The standard InChI is InChI=1S/C17H20N2O3.C8H10N2.C2H2/c1-12(10-16(20)22-2)19-17(21)14-7-5-13(6-8-14)15-4-3-9-18-11-15;1-6-3-2-4-7(5-6)8(9)10;1-2/h3-5,7-9,11-13H,6,10H2,1-2H3,(H,19,21);2-5H,1H3,(H3,9,10);1-2H/t12-,13?;;/m1../s1. The largest absolute Gasteiger partial charge is 0.469 e. The Morgan fingerprint density at radius 1 is 1.29 bits per heavy atom. The molecule has 2 aromatic rings. The summed E-state index contributed by atoms with van der Waals surface area (Å²) in [7, 11) is 1.34. The number of carbonyl (C=O) groups is 2. The van der Waals surface area contributed by atoms with Crippen LogP contribution in [0.25, 0.3) is 0 Å². The van der Waals surface area contributed by atoms with Gasteiger partial charge in [0.05, 0.1) is 13.5 Å². The van der Waals surface area contributed by atoms with Crippen LogP contribution in [-0.2, 0) is 14.3 Å². The van der Waals surface area contributed by atoms with Gasteiger partial charge in [-0.15, -0.1) is 12.8 Å². The van der Waals surface area contributed by atoms with Gasteiger partial charge in [-0.05, 0) is 38.0 Å². The maximum absolute atomic E-state index is 12.1. The average molecular weight is 461 g/mol. The van der Waals surface area contributed by atoms with Gasteiger partial charge in [-0.1, -0.05) is 48.1 Å². The molecule has 3 rings (SSSR count). The number of ether oxygens (including phenoxy) is 1. The summed E-state index contributed by atoms with van der Waals surface area (Å²) in [6.07, 6.45) is 18.3. The number of amides is 1. The third-order valence-electron chi connectivity index (χ3n) is 4.88. The average Bonchev–Trinajstić information content (AvgIpc) is 2.86. The smallest absolute Gasteiger partial charge is 0.307 e. The van der Waals surface area contributed by atoms with Crippen molar-refractivity contribution < 1.29 is 14.3 Å². The van der Waals surface area contributed by atoms with Gasteiger partial charge in [-0.3, -0.25) is 20.0 Å². The molecule has 1 aromatic carbocycles. The third-order valence-corrected chi connectivity index (χ3v) is 4.88. The minimum Gasteiger partial charge on any atom is -0.469 e. The maximum atomic E-state index is 12.1. The van der Waals surface area contributed by atoms with E-state index < -0.39 is 0 Å². The topological polar surface area (TPSA) is 118 Å². The minimum absolute atomic E-state index is 0.128. The zero-order chi connectivity index (χ0) is 25.5. The third kappa shape index (κ3) is 9.53. The second-order valence-corrected chi connectivity index (χ2v) is 7.59. The van der Waals surface area contributed by atoms with Gasteiger partial charge in [0, 0.05) is 35.5 Å². The predicted molar refractivity (Wildman–Crippen MR) is 135 cm³/mol. The lowest BCUT2D eigenvalue weighted by Crippen LogP contribution is -2.35. The molecule has 7 heteroatoms. The van der Waals surface area contributed by atoms with Gasteiger partial charge in [0.2, 0.25) is 0 Å². The Morgan fingerprint density at radius 3 is 2.53 bits per heavy atom. The molecule has 0 aliphatic heterocycles. The molecular formula is C27H32N4O3. The molecule has 1 aliphatic rings. The molecule has 0 spiro atoms. The lowest BCUT2D eigenvalue weighted by Gasteiger charge is -2.18. The lowest BCUT2D eigenvalue weighted by atomic mass is 9.91. The molecule has 1 amide bonds. The number of nitrogens with two attached hydrogens (primary N) is 1. The van der Waals surface area contributed by atoms with Crippen LogP contribution in [0.15, 0.2) is 72.6 Å². The van der Waals surface area contributed by atoms with E-state index in [1.54, 1.807) is 13.1 Å². The van der Waals surface area contributed by atoms with E-state index >= 15 is 0 Å². The summed E-state index contributed by atoms with van der Waals surface area (Å²) in [5.41, 5.74) is 8.94. The lowest BCUT2D eigenvalue weighted by molar-refractivity contribution is -0.141. The number of terminal acetylenes is 1. The fourth-order valence-corrected chi connectivity index (χ4v) is 3.14. The fourth-order valence-electron chi connectivity index (χ4n) is 3.14. The molecule has 0 saturated carbocycles. The molecule has 0 radical (unpaired) electrons. The van der Waals surface area contributed by atoms with E-state index in [4.69, 9.17) is 11.1 Å². The number of nitrogen functional groups attached to an aromatic ring is 1. The normalized spacial score (nSPS) is 14.6. The van der Waals surface area contributed by atoms with Crippen molar-refractivity contribution in [3.63, 3.8) is 0 Å². The monoisotopic (exact) mass is 460 g/mol. The van der Waals surface area contributed by atoms with Crippen LogP contribution in [-0.4, -0.2) is 35.8 Å². The highest BCUT2D eigenvalue weighted by atomic mass is 16.5. The van der Waals surface area contributed by atoms with Crippen LogP contribution in [0.1, 0.15) is 42.4 Å². The summed E-state index contributed by atoms with van der Waals surface area (Å²) in [5, 5.41) is 9.91. The molecule has 1 heterocycles. The number of aryl methyl sites for hydroxylation is 1. The molecule has 0 bridgehead atoms. The molecule has 1 aromatic heterocycles. The number of amidine groups is 1. The Balaban J connectivity index is 0.000000402. The van der Waals surface area contributed by atoms with Gasteiger partial charge in [-0.25, -0.2) is 0 Å². The van der Waals surface area contributed by atoms with Crippen LogP contribution in [0.2, 0.25) is 0 Å². The quantitative estimate of drug-likeness (QED) is 0.263. The first kappa shape index (κ1) is 27.9. The SMILES string of the molecule is C#C.COC(=O)C[C@@H](C)NC(=O)C1=CCC(c2cccnc2)C=C1.Cc1cccc(C(=N)N)c1. The Kier molecular flexibility index (Phi) is 12.1. The van der Waals surface area contributed by atoms with Crippen LogP contribution in [0.5, 0.6) is 0 Å². The van der Waals surface area contributed by atoms with Gasteiger partial charge < -0.3 is 15.8 Å². The highest BCUT2D eigenvalue weighted by Crippen LogP contribution is 2.26. The van der Waals surface area contributed by atoms with Crippen molar-refractivity contribution in [2.24, 2.45) is 5.73 Å². The zero-order valence-electron chi connectivity index (χ0n) is 19.8. The molecule has 1 aliphatic carbocycles. The Bertz CT molecular complexity index is 1040. The molecule has 0 saturated heterocycles. The zero-order valence-corrected chi connectivity index (χ0v) is 19.8. The first-order chi connectivity index (χ1) is 16.3. The first-order valence-electron chi connectivity index (χ1n) is 10.7. The van der Waals surface area contributed by atoms with Crippen molar-refractivity contribution in [2.45, 2.75) is 38.6 Å². The summed E-state index contributed by atoms with van der Waals surface area (Å²) < 4.78 is 4.59. The Labute approximate surface area is 201 Å². The van der Waals surface area contributed by atoms with E-state index in [1.807, 2.05) is 67.7 Å². The van der Waals surface area contributed by atoms with Crippen LogP contribution >= 0.6 is 0 Å². The van der Waals surface area contributed by atoms with Gasteiger partial charge in [-0.2, -0.15) is 0 Å². The number of pyridine rings is 1. The number of rotatable bonds is 6. The molecule has 4 N–H and O–H groups in total. The predicted octanol–water partition coefficient (Wildman–Crippen LogP) is 3.65. The van der Waals surface area contributed by atoms with E-state index in [0.717, 1.165) is 23.1 Å². The van der Waals surface area contributed by atoms with Crippen molar-refractivity contribution in [3.05, 3.63) is 89.3 Å². The molecule has 1 unspecified atom stereocenters. The summed E-state index contributed by atoms with van der Waals surface area (Å²) in [4.78, 5) is 27.4.